The second-order valence-electron chi connectivity index (χ2n) is 8.02. The molecule has 11 heteroatoms. The van der Waals surface area contributed by atoms with E-state index in [9.17, 15) is 24.3 Å². The van der Waals surface area contributed by atoms with Crippen LogP contribution in [0.25, 0.3) is 11.4 Å². The van der Waals surface area contributed by atoms with Crippen LogP contribution in [0.5, 0.6) is 0 Å². The molecule has 0 amide bonds. The lowest BCUT2D eigenvalue weighted by molar-refractivity contribution is -0.138. The third-order valence-electron chi connectivity index (χ3n) is 6.21. The molecule has 2 N–H and O–H groups in total. The Bertz CT molecular complexity index is 1430. The number of carboxylic acids is 1. The van der Waals surface area contributed by atoms with E-state index < -0.39 is 28.8 Å². The number of hydrogen-bond acceptors (Lipinski definition) is 5. The zero-order chi connectivity index (χ0) is 22.7. The van der Waals surface area contributed by atoms with E-state index in [0.29, 0.717) is 24.5 Å². The molecular weight excluding hydrogens is 438 g/mol. The number of H-pyrrole nitrogens is 1. The molecular formula is C21H20ClN5O5. The van der Waals surface area contributed by atoms with Crippen molar-refractivity contribution in [2.24, 2.45) is 0 Å². The summed E-state index contributed by atoms with van der Waals surface area (Å²) in [5.41, 5.74) is -0.851. The molecule has 0 saturated carbocycles. The number of anilines is 1. The van der Waals surface area contributed by atoms with Crippen molar-refractivity contribution in [1.82, 2.24) is 18.9 Å². The molecule has 1 aromatic carbocycles. The molecule has 2 aromatic heterocycles. The van der Waals surface area contributed by atoms with Gasteiger partial charge in [0.2, 0.25) is 0 Å². The number of pyridine rings is 1. The molecule has 10 nitrogen and oxygen atoms in total. The topological polar surface area (TPSA) is 122 Å². The zero-order valence-corrected chi connectivity index (χ0v) is 17.9. The van der Waals surface area contributed by atoms with E-state index in [0.717, 1.165) is 33.6 Å². The van der Waals surface area contributed by atoms with Crippen molar-refractivity contribution >= 4 is 23.4 Å². The Hall–Kier alpha value is -3.53. The number of nitrogens with zero attached hydrogens (tertiary/aromatic N) is 4. The van der Waals surface area contributed by atoms with Crippen molar-refractivity contribution in [2.45, 2.75) is 32.2 Å². The highest BCUT2D eigenvalue weighted by Gasteiger charge is 2.36. The lowest BCUT2D eigenvalue weighted by Gasteiger charge is -2.30. The highest BCUT2D eigenvalue weighted by Crippen LogP contribution is 2.37. The SMILES string of the molecule is CC(C(=O)O)c1c2c3n(c(=O)c1-n1[nH]c(=O)n(-c4ccc(Cl)cc4)c1=O)CCN3CCC2. The van der Waals surface area contributed by atoms with Crippen LogP contribution < -0.4 is 21.8 Å². The second kappa shape index (κ2) is 7.27. The normalized spacial score (nSPS) is 15.6. The predicted octanol–water partition coefficient (Wildman–Crippen LogP) is 1.09. The van der Waals surface area contributed by atoms with Crippen LogP contribution in [0.2, 0.25) is 5.02 Å². The van der Waals surface area contributed by atoms with Crippen LogP contribution in [0, 0.1) is 0 Å². The average molecular weight is 458 g/mol. The van der Waals surface area contributed by atoms with Crippen LogP contribution in [0.15, 0.2) is 38.6 Å². The summed E-state index contributed by atoms with van der Waals surface area (Å²) in [6.07, 6.45) is 1.39. The van der Waals surface area contributed by atoms with Gasteiger partial charge in [0.25, 0.3) is 5.56 Å². The van der Waals surface area contributed by atoms with Crippen molar-refractivity contribution in [3.63, 3.8) is 0 Å². The zero-order valence-electron chi connectivity index (χ0n) is 17.2. The van der Waals surface area contributed by atoms with Crippen molar-refractivity contribution < 1.29 is 9.90 Å². The van der Waals surface area contributed by atoms with E-state index in [4.69, 9.17) is 11.6 Å². The molecule has 1 unspecified atom stereocenters. The quantitative estimate of drug-likeness (QED) is 0.604. The van der Waals surface area contributed by atoms with Crippen LogP contribution in [-0.4, -0.2) is 43.1 Å². The van der Waals surface area contributed by atoms with Crippen LogP contribution in [0.1, 0.15) is 30.4 Å². The van der Waals surface area contributed by atoms with Gasteiger partial charge < -0.3 is 10.0 Å². The fourth-order valence-corrected chi connectivity index (χ4v) is 4.85. The Labute approximate surface area is 185 Å². The highest BCUT2D eigenvalue weighted by molar-refractivity contribution is 6.30. The first-order chi connectivity index (χ1) is 15.3. The molecule has 3 aromatic rings. The van der Waals surface area contributed by atoms with Gasteiger partial charge in [-0.1, -0.05) is 11.6 Å². The van der Waals surface area contributed by atoms with Gasteiger partial charge >= 0.3 is 17.3 Å². The molecule has 0 aliphatic carbocycles. The number of aliphatic carboxylic acids is 1. The number of rotatable bonds is 4. The number of aromatic amines is 1. The summed E-state index contributed by atoms with van der Waals surface area (Å²) >= 11 is 5.91. The molecule has 0 spiro atoms. The van der Waals surface area contributed by atoms with E-state index in [2.05, 4.69) is 10.00 Å². The first kappa shape index (κ1) is 20.4. The minimum atomic E-state index is -1.12. The summed E-state index contributed by atoms with van der Waals surface area (Å²) in [4.78, 5) is 53.6. The number of aromatic nitrogens is 4. The van der Waals surface area contributed by atoms with Gasteiger partial charge in [-0.3, -0.25) is 14.2 Å². The van der Waals surface area contributed by atoms with Gasteiger partial charge in [-0.15, -0.1) is 0 Å². The van der Waals surface area contributed by atoms with E-state index in [-0.39, 0.29) is 16.9 Å². The smallest absolute Gasteiger partial charge is 0.356 e. The average Bonchev–Trinajstić information content (AvgIpc) is 3.32. The maximum Gasteiger partial charge on any atom is 0.356 e. The minimum absolute atomic E-state index is 0.114. The molecule has 5 rings (SSSR count). The number of nitrogens with one attached hydrogen (secondary N) is 1. The van der Waals surface area contributed by atoms with Gasteiger partial charge in [0.05, 0.1) is 11.6 Å². The standard InChI is InChI=1S/C21H20ClN5O5/c1-11(19(29)30)15-14-3-2-8-24-9-10-25(17(14)24)18(28)16(15)27-21(32)26(20(31)23-27)13-6-4-12(22)5-7-13/h4-7,11H,2-3,8-10H2,1H3,(H,23,31)(H,29,30). The Morgan fingerprint density at radius 1 is 1.12 bits per heavy atom. The molecule has 4 heterocycles. The number of benzene rings is 1. The fraction of sp³-hybridized carbons (Fsp3) is 0.333. The van der Waals surface area contributed by atoms with Gasteiger partial charge in [-0.05, 0) is 49.6 Å². The first-order valence-corrected chi connectivity index (χ1v) is 10.6. The third-order valence-corrected chi connectivity index (χ3v) is 6.46. The number of carboxylic acid groups (broad SMARTS) is 1. The summed E-state index contributed by atoms with van der Waals surface area (Å²) in [5, 5.41) is 12.7. The summed E-state index contributed by atoms with van der Waals surface area (Å²) in [5.74, 6) is -1.44. The largest absolute Gasteiger partial charge is 0.481 e. The molecule has 1 atom stereocenters. The summed E-state index contributed by atoms with van der Waals surface area (Å²) < 4.78 is 3.35. The van der Waals surface area contributed by atoms with Crippen LogP contribution in [-0.2, 0) is 17.8 Å². The van der Waals surface area contributed by atoms with Crippen LogP contribution >= 0.6 is 11.6 Å². The maximum absolute atomic E-state index is 13.5. The van der Waals surface area contributed by atoms with Gasteiger partial charge in [-0.2, -0.15) is 4.68 Å². The predicted molar refractivity (Wildman–Crippen MR) is 118 cm³/mol. The molecule has 32 heavy (non-hydrogen) atoms. The van der Waals surface area contributed by atoms with Gasteiger partial charge in [0.1, 0.15) is 11.5 Å². The van der Waals surface area contributed by atoms with E-state index in [1.54, 1.807) is 16.7 Å². The van der Waals surface area contributed by atoms with Crippen molar-refractivity contribution in [3.05, 3.63) is 71.7 Å². The third kappa shape index (κ3) is 2.86. The minimum Gasteiger partial charge on any atom is -0.481 e. The number of hydrogen-bond donors (Lipinski definition) is 2. The number of carbonyl (C=O) groups is 1. The monoisotopic (exact) mass is 457 g/mol. The van der Waals surface area contributed by atoms with Crippen molar-refractivity contribution in [1.29, 1.82) is 0 Å². The lowest BCUT2D eigenvalue weighted by atomic mass is 9.90. The highest BCUT2D eigenvalue weighted by atomic mass is 35.5. The molecule has 166 valence electrons. The summed E-state index contributed by atoms with van der Waals surface area (Å²) in [6.45, 7) is 3.36. The first-order valence-electron chi connectivity index (χ1n) is 10.3. The van der Waals surface area contributed by atoms with Crippen LogP contribution in [0.4, 0.5) is 5.82 Å². The maximum atomic E-state index is 13.5. The fourth-order valence-electron chi connectivity index (χ4n) is 4.73. The lowest BCUT2D eigenvalue weighted by Crippen LogP contribution is -2.36. The van der Waals surface area contributed by atoms with E-state index in [1.165, 1.54) is 19.1 Å². The summed E-state index contributed by atoms with van der Waals surface area (Å²) in [6, 6.07) is 6.12. The Morgan fingerprint density at radius 3 is 2.53 bits per heavy atom. The Balaban J connectivity index is 1.84. The molecule has 2 aliphatic rings. The molecule has 0 fully saturated rings. The van der Waals surface area contributed by atoms with Crippen LogP contribution in [0.3, 0.4) is 0 Å². The number of halogens is 1. The summed E-state index contributed by atoms with van der Waals surface area (Å²) in [7, 11) is 0. The van der Waals surface area contributed by atoms with Crippen molar-refractivity contribution in [2.75, 3.05) is 18.0 Å². The Kier molecular flexibility index (Phi) is 4.63. The van der Waals surface area contributed by atoms with Gasteiger partial charge in [0, 0.05) is 30.2 Å². The molecule has 2 aliphatic heterocycles. The van der Waals surface area contributed by atoms with Gasteiger partial charge in [0.15, 0.2) is 0 Å². The van der Waals surface area contributed by atoms with Crippen molar-refractivity contribution in [3.8, 4) is 11.4 Å². The second-order valence-corrected chi connectivity index (χ2v) is 8.45. The Morgan fingerprint density at radius 2 is 1.84 bits per heavy atom. The van der Waals surface area contributed by atoms with E-state index >= 15 is 0 Å². The van der Waals surface area contributed by atoms with Gasteiger partial charge in [-0.25, -0.2) is 19.3 Å². The van der Waals surface area contributed by atoms with E-state index in [1.807, 2.05) is 0 Å². The molecule has 0 saturated heterocycles. The molecule has 0 radical (unpaired) electrons. The molecule has 0 bridgehead atoms.